The van der Waals surface area contributed by atoms with Crippen molar-refractivity contribution in [3.63, 3.8) is 0 Å². The van der Waals surface area contributed by atoms with E-state index in [9.17, 15) is 14.4 Å². The maximum absolute atomic E-state index is 11.6. The maximum atomic E-state index is 11.6. The number of Topliss-reactive ketones (excluding diaryl/α,β-unsaturated/α-hetero) is 1. The van der Waals surface area contributed by atoms with Gasteiger partial charge in [-0.15, -0.1) is 0 Å². The number of unbranched alkanes of at least 4 members (excludes halogenated alkanes) is 1. The van der Waals surface area contributed by atoms with Gasteiger partial charge in [0.1, 0.15) is 5.78 Å². The summed E-state index contributed by atoms with van der Waals surface area (Å²) in [6.45, 7) is 2.03. The van der Waals surface area contributed by atoms with E-state index in [-0.39, 0.29) is 17.6 Å². The normalized spacial score (nSPS) is 17.4. The largest absolute Gasteiger partial charge is 0.300 e. The van der Waals surface area contributed by atoms with Gasteiger partial charge in [0.05, 0.1) is 0 Å². The molecule has 1 aliphatic rings. The van der Waals surface area contributed by atoms with Crippen molar-refractivity contribution in [3.8, 4) is 0 Å². The third-order valence-corrected chi connectivity index (χ3v) is 2.79. The number of ketones is 1. The van der Waals surface area contributed by atoms with Gasteiger partial charge in [0, 0.05) is 25.8 Å². The van der Waals surface area contributed by atoms with Crippen LogP contribution in [0.15, 0.2) is 0 Å². The molecule has 16 heavy (non-hydrogen) atoms. The van der Waals surface area contributed by atoms with Gasteiger partial charge in [-0.2, -0.15) is 0 Å². The molecule has 0 atom stereocenters. The minimum Gasteiger partial charge on any atom is -0.300 e. The Balaban J connectivity index is 2.34. The van der Waals surface area contributed by atoms with E-state index in [1.54, 1.807) is 6.92 Å². The van der Waals surface area contributed by atoms with Crippen LogP contribution in [0.5, 0.6) is 0 Å². The second-order valence-corrected chi connectivity index (χ2v) is 4.31. The van der Waals surface area contributed by atoms with E-state index in [1.165, 1.54) is 4.90 Å². The predicted octanol–water partition coefficient (Wildman–Crippen LogP) is 1.67. The minimum absolute atomic E-state index is 0.0506. The van der Waals surface area contributed by atoms with E-state index < -0.39 is 0 Å². The molecule has 0 N–H and O–H groups in total. The van der Waals surface area contributed by atoms with Crippen molar-refractivity contribution in [2.24, 2.45) is 0 Å². The fourth-order valence-corrected chi connectivity index (χ4v) is 1.85. The van der Waals surface area contributed by atoms with Gasteiger partial charge in [-0.05, 0) is 32.6 Å². The SMILES string of the molecule is CC(=O)CCCCN1C(=O)CCCCC1=O. The highest BCUT2D eigenvalue weighted by molar-refractivity contribution is 5.95. The predicted molar refractivity (Wildman–Crippen MR) is 59.7 cm³/mol. The number of rotatable bonds is 5. The topological polar surface area (TPSA) is 54.5 Å². The zero-order valence-corrected chi connectivity index (χ0v) is 9.83. The molecular formula is C12H19NO3. The average molecular weight is 225 g/mol. The van der Waals surface area contributed by atoms with Crippen molar-refractivity contribution in [1.82, 2.24) is 4.90 Å². The Morgan fingerprint density at radius 1 is 1.12 bits per heavy atom. The Morgan fingerprint density at radius 2 is 1.69 bits per heavy atom. The summed E-state index contributed by atoms with van der Waals surface area (Å²) in [5, 5.41) is 0. The molecule has 4 heteroatoms. The van der Waals surface area contributed by atoms with Crippen molar-refractivity contribution >= 4 is 17.6 Å². The summed E-state index contributed by atoms with van der Waals surface area (Å²) in [4.78, 5) is 35.3. The zero-order chi connectivity index (χ0) is 12.0. The third kappa shape index (κ3) is 4.13. The van der Waals surface area contributed by atoms with Crippen molar-refractivity contribution in [2.75, 3.05) is 6.54 Å². The first kappa shape index (κ1) is 12.9. The molecule has 1 aliphatic heterocycles. The number of nitrogens with zero attached hydrogens (tertiary/aromatic N) is 1. The van der Waals surface area contributed by atoms with Crippen LogP contribution in [-0.4, -0.2) is 29.0 Å². The lowest BCUT2D eigenvalue weighted by Gasteiger charge is -2.18. The van der Waals surface area contributed by atoms with Crippen molar-refractivity contribution < 1.29 is 14.4 Å². The standard InChI is InChI=1S/C12H19NO3/c1-10(14)6-4-5-9-13-11(15)7-2-3-8-12(13)16/h2-9H2,1H3. The Kier molecular flexibility index (Phi) is 5.15. The highest BCUT2D eigenvalue weighted by Crippen LogP contribution is 2.13. The molecule has 0 aromatic rings. The number of likely N-dealkylation sites (tertiary alicyclic amines) is 1. The van der Waals surface area contributed by atoms with Gasteiger partial charge in [-0.1, -0.05) is 0 Å². The minimum atomic E-state index is -0.0506. The fourth-order valence-electron chi connectivity index (χ4n) is 1.85. The van der Waals surface area contributed by atoms with Crippen LogP contribution >= 0.6 is 0 Å². The number of carbonyl (C=O) groups is 3. The summed E-state index contributed by atoms with van der Waals surface area (Å²) in [6.07, 6.45) is 4.62. The van der Waals surface area contributed by atoms with E-state index in [2.05, 4.69) is 0 Å². The summed E-state index contributed by atoms with van der Waals surface area (Å²) in [6, 6.07) is 0. The van der Waals surface area contributed by atoms with Gasteiger partial charge < -0.3 is 4.79 Å². The quantitative estimate of drug-likeness (QED) is 0.528. The Morgan fingerprint density at radius 3 is 2.19 bits per heavy atom. The number of carbonyl (C=O) groups excluding carboxylic acids is 3. The van der Waals surface area contributed by atoms with Crippen LogP contribution in [0.3, 0.4) is 0 Å². The van der Waals surface area contributed by atoms with Gasteiger partial charge in [0.15, 0.2) is 0 Å². The van der Waals surface area contributed by atoms with E-state index in [4.69, 9.17) is 0 Å². The lowest BCUT2D eigenvalue weighted by molar-refractivity contribution is -0.143. The third-order valence-electron chi connectivity index (χ3n) is 2.79. The van der Waals surface area contributed by atoms with Crippen LogP contribution in [0.4, 0.5) is 0 Å². The molecule has 1 heterocycles. The van der Waals surface area contributed by atoms with Crippen molar-refractivity contribution in [1.29, 1.82) is 0 Å². The number of hydrogen-bond donors (Lipinski definition) is 0. The molecule has 4 nitrogen and oxygen atoms in total. The van der Waals surface area contributed by atoms with E-state index in [0.29, 0.717) is 25.8 Å². The molecule has 0 radical (unpaired) electrons. The van der Waals surface area contributed by atoms with Gasteiger partial charge in [-0.25, -0.2) is 0 Å². The van der Waals surface area contributed by atoms with E-state index in [0.717, 1.165) is 25.7 Å². The number of hydrogen-bond acceptors (Lipinski definition) is 3. The van der Waals surface area contributed by atoms with Gasteiger partial charge in [0.25, 0.3) is 0 Å². The lowest BCUT2D eigenvalue weighted by atomic mass is 10.2. The Hall–Kier alpha value is -1.19. The van der Waals surface area contributed by atoms with Gasteiger partial charge in [-0.3, -0.25) is 14.5 Å². The van der Waals surface area contributed by atoms with E-state index in [1.807, 2.05) is 0 Å². The van der Waals surface area contributed by atoms with Crippen molar-refractivity contribution in [2.45, 2.75) is 51.9 Å². The van der Waals surface area contributed by atoms with Crippen LogP contribution < -0.4 is 0 Å². The molecule has 2 amide bonds. The first-order valence-corrected chi connectivity index (χ1v) is 5.94. The van der Waals surface area contributed by atoms with Crippen LogP contribution in [-0.2, 0) is 14.4 Å². The monoisotopic (exact) mass is 225 g/mol. The number of amides is 2. The number of imide groups is 1. The summed E-state index contributed by atoms with van der Waals surface area (Å²) >= 11 is 0. The second-order valence-electron chi connectivity index (χ2n) is 4.31. The average Bonchev–Trinajstić information content (AvgIpc) is 2.37. The Bertz CT molecular complexity index is 268. The van der Waals surface area contributed by atoms with Crippen LogP contribution in [0.25, 0.3) is 0 Å². The second kappa shape index (κ2) is 6.40. The lowest BCUT2D eigenvalue weighted by Crippen LogP contribution is -2.35. The molecule has 0 bridgehead atoms. The fraction of sp³-hybridized carbons (Fsp3) is 0.750. The summed E-state index contributed by atoms with van der Waals surface area (Å²) < 4.78 is 0. The molecular weight excluding hydrogens is 206 g/mol. The Labute approximate surface area is 96.0 Å². The molecule has 1 rings (SSSR count). The molecule has 90 valence electrons. The smallest absolute Gasteiger partial charge is 0.229 e. The maximum Gasteiger partial charge on any atom is 0.229 e. The van der Waals surface area contributed by atoms with Crippen LogP contribution in [0.2, 0.25) is 0 Å². The van der Waals surface area contributed by atoms with E-state index >= 15 is 0 Å². The molecule has 0 aromatic heterocycles. The molecule has 0 saturated carbocycles. The molecule has 0 unspecified atom stereocenters. The molecule has 0 aliphatic carbocycles. The van der Waals surface area contributed by atoms with Crippen LogP contribution in [0, 0.1) is 0 Å². The molecule has 0 spiro atoms. The first-order chi connectivity index (χ1) is 7.61. The highest BCUT2D eigenvalue weighted by Gasteiger charge is 2.23. The van der Waals surface area contributed by atoms with Gasteiger partial charge >= 0.3 is 0 Å². The summed E-state index contributed by atoms with van der Waals surface area (Å²) in [7, 11) is 0. The van der Waals surface area contributed by atoms with Gasteiger partial charge in [0.2, 0.25) is 11.8 Å². The van der Waals surface area contributed by atoms with Crippen LogP contribution in [0.1, 0.15) is 51.9 Å². The molecule has 0 aromatic carbocycles. The molecule has 1 fully saturated rings. The molecule has 1 saturated heterocycles. The highest BCUT2D eigenvalue weighted by atomic mass is 16.2. The van der Waals surface area contributed by atoms with Crippen molar-refractivity contribution in [3.05, 3.63) is 0 Å². The first-order valence-electron chi connectivity index (χ1n) is 5.94. The summed E-state index contributed by atoms with van der Waals surface area (Å²) in [5.41, 5.74) is 0. The zero-order valence-electron chi connectivity index (χ0n) is 9.83. The summed E-state index contributed by atoms with van der Waals surface area (Å²) in [5.74, 6) is 0.0594.